The number of unbranched alkanes of at least 4 members (excludes halogenated alkanes) is 1. The molecule has 2 atom stereocenters. The standard InChI is InChI=1S/C19H29NO3/c1-4-6-12-17(5-2)18(15(3)21)13-20-19(22)23-14-16-10-8-7-9-11-16/h7-11,17-18H,4-6,12-14H2,1-3H3,(H,20,22)/t17-,18?/m1/s1. The maximum Gasteiger partial charge on any atom is 0.407 e. The lowest BCUT2D eigenvalue weighted by atomic mass is 9.83. The van der Waals surface area contributed by atoms with E-state index in [4.69, 9.17) is 4.74 Å². The Balaban J connectivity index is 2.44. The molecule has 0 aliphatic heterocycles. The zero-order valence-corrected chi connectivity index (χ0v) is 14.5. The molecule has 0 saturated heterocycles. The normalized spacial score (nSPS) is 13.2. The maximum absolute atomic E-state index is 11.9. The Hall–Kier alpha value is -1.84. The molecule has 0 radical (unpaired) electrons. The number of nitrogens with one attached hydrogen (secondary N) is 1. The predicted molar refractivity (Wildman–Crippen MR) is 92.1 cm³/mol. The first-order valence-electron chi connectivity index (χ1n) is 8.53. The van der Waals surface area contributed by atoms with E-state index in [1.807, 2.05) is 30.3 Å². The number of ketones is 1. The lowest BCUT2D eigenvalue weighted by Crippen LogP contribution is -2.36. The Labute approximate surface area is 139 Å². The zero-order chi connectivity index (χ0) is 17.1. The average molecular weight is 319 g/mol. The number of Topliss-reactive ketones (excluding diaryl/α,β-unsaturated/α-hetero) is 1. The van der Waals surface area contributed by atoms with Crippen molar-refractivity contribution in [1.82, 2.24) is 5.32 Å². The van der Waals surface area contributed by atoms with Gasteiger partial charge in [0.15, 0.2) is 0 Å². The van der Waals surface area contributed by atoms with E-state index in [-0.39, 0.29) is 18.3 Å². The molecule has 1 aromatic rings. The molecular weight excluding hydrogens is 290 g/mol. The van der Waals surface area contributed by atoms with Gasteiger partial charge in [0.25, 0.3) is 0 Å². The molecule has 1 unspecified atom stereocenters. The summed E-state index contributed by atoms with van der Waals surface area (Å²) in [7, 11) is 0. The van der Waals surface area contributed by atoms with Gasteiger partial charge in [-0.25, -0.2) is 4.79 Å². The van der Waals surface area contributed by atoms with Crippen LogP contribution in [0.4, 0.5) is 4.79 Å². The Kier molecular flexibility index (Phi) is 9.03. The van der Waals surface area contributed by atoms with E-state index in [0.717, 1.165) is 31.2 Å². The third kappa shape index (κ3) is 7.31. The van der Waals surface area contributed by atoms with Crippen LogP contribution in [0.3, 0.4) is 0 Å². The van der Waals surface area contributed by atoms with Gasteiger partial charge in [-0.3, -0.25) is 4.79 Å². The number of hydrogen-bond acceptors (Lipinski definition) is 3. The molecule has 1 aromatic carbocycles. The fraction of sp³-hybridized carbons (Fsp3) is 0.579. The number of carbonyl (C=O) groups is 2. The van der Waals surface area contributed by atoms with Gasteiger partial charge in [-0.05, 0) is 24.8 Å². The van der Waals surface area contributed by atoms with E-state index >= 15 is 0 Å². The number of carbonyl (C=O) groups excluding carboxylic acids is 2. The van der Waals surface area contributed by atoms with Gasteiger partial charge in [-0.1, -0.05) is 63.4 Å². The van der Waals surface area contributed by atoms with Crippen LogP contribution in [0.25, 0.3) is 0 Å². The molecule has 0 saturated carbocycles. The van der Waals surface area contributed by atoms with Crippen LogP contribution < -0.4 is 5.32 Å². The van der Waals surface area contributed by atoms with Crippen molar-refractivity contribution in [3.63, 3.8) is 0 Å². The lowest BCUT2D eigenvalue weighted by Gasteiger charge is -2.24. The van der Waals surface area contributed by atoms with Crippen molar-refractivity contribution >= 4 is 11.9 Å². The van der Waals surface area contributed by atoms with E-state index < -0.39 is 6.09 Å². The average Bonchev–Trinajstić information content (AvgIpc) is 2.56. The molecule has 0 fully saturated rings. The molecule has 4 nitrogen and oxygen atoms in total. The third-order valence-electron chi connectivity index (χ3n) is 4.22. The van der Waals surface area contributed by atoms with Crippen LogP contribution in [0.15, 0.2) is 30.3 Å². The summed E-state index contributed by atoms with van der Waals surface area (Å²) in [5.74, 6) is 0.328. The summed E-state index contributed by atoms with van der Waals surface area (Å²) in [5.41, 5.74) is 0.945. The fourth-order valence-electron chi connectivity index (χ4n) is 2.77. The van der Waals surface area contributed by atoms with Gasteiger partial charge in [-0.2, -0.15) is 0 Å². The summed E-state index contributed by atoms with van der Waals surface area (Å²) >= 11 is 0. The first kappa shape index (κ1) is 19.2. The van der Waals surface area contributed by atoms with E-state index in [2.05, 4.69) is 19.2 Å². The minimum atomic E-state index is -0.467. The Morgan fingerprint density at radius 1 is 1.17 bits per heavy atom. The Bertz CT molecular complexity index is 473. The second-order valence-corrected chi connectivity index (χ2v) is 5.97. The highest BCUT2D eigenvalue weighted by atomic mass is 16.5. The summed E-state index contributed by atoms with van der Waals surface area (Å²) in [5, 5.41) is 2.74. The monoisotopic (exact) mass is 319 g/mol. The minimum absolute atomic E-state index is 0.129. The van der Waals surface area contributed by atoms with Gasteiger partial charge in [0, 0.05) is 12.5 Å². The number of benzene rings is 1. The minimum Gasteiger partial charge on any atom is -0.445 e. The third-order valence-corrected chi connectivity index (χ3v) is 4.22. The van der Waals surface area contributed by atoms with E-state index in [1.54, 1.807) is 6.92 Å². The van der Waals surface area contributed by atoms with Crippen molar-refractivity contribution in [3.8, 4) is 0 Å². The molecule has 1 N–H and O–H groups in total. The van der Waals surface area contributed by atoms with Crippen LogP contribution in [0.1, 0.15) is 52.0 Å². The van der Waals surface area contributed by atoms with Crippen LogP contribution >= 0.6 is 0 Å². The van der Waals surface area contributed by atoms with Gasteiger partial charge >= 0.3 is 6.09 Å². The largest absolute Gasteiger partial charge is 0.445 e. The summed E-state index contributed by atoms with van der Waals surface area (Å²) in [4.78, 5) is 23.7. The highest BCUT2D eigenvalue weighted by molar-refractivity contribution is 5.79. The fourth-order valence-corrected chi connectivity index (χ4v) is 2.77. The van der Waals surface area contributed by atoms with Crippen molar-refractivity contribution in [2.24, 2.45) is 11.8 Å². The number of hydrogen-bond donors (Lipinski definition) is 1. The van der Waals surface area contributed by atoms with Crippen LogP contribution in [0, 0.1) is 11.8 Å². The van der Waals surface area contributed by atoms with Crippen molar-refractivity contribution in [3.05, 3.63) is 35.9 Å². The highest BCUT2D eigenvalue weighted by Gasteiger charge is 2.24. The quantitative estimate of drug-likeness (QED) is 0.698. The zero-order valence-electron chi connectivity index (χ0n) is 14.5. The summed E-state index contributed by atoms with van der Waals surface area (Å²) in [6.45, 7) is 6.45. The van der Waals surface area contributed by atoms with Crippen LogP contribution in [-0.2, 0) is 16.1 Å². The maximum atomic E-state index is 11.9. The van der Waals surface area contributed by atoms with Gasteiger partial charge in [0.2, 0.25) is 0 Å². The van der Waals surface area contributed by atoms with Crippen LogP contribution in [-0.4, -0.2) is 18.4 Å². The SMILES string of the molecule is CCCC[C@@H](CC)C(CNC(=O)OCc1ccccc1)C(C)=O. The predicted octanol–water partition coefficient (Wildman–Crippen LogP) is 4.33. The molecule has 0 aliphatic carbocycles. The Morgan fingerprint density at radius 3 is 2.43 bits per heavy atom. The van der Waals surface area contributed by atoms with Crippen molar-refractivity contribution in [2.45, 2.75) is 53.1 Å². The lowest BCUT2D eigenvalue weighted by molar-refractivity contribution is -0.122. The first-order chi connectivity index (χ1) is 11.1. The second-order valence-electron chi connectivity index (χ2n) is 5.97. The smallest absolute Gasteiger partial charge is 0.407 e. The van der Waals surface area contributed by atoms with E-state index in [9.17, 15) is 9.59 Å². The van der Waals surface area contributed by atoms with E-state index in [0.29, 0.717) is 12.5 Å². The summed E-state index contributed by atoms with van der Waals surface area (Å²) in [6, 6.07) is 9.54. The molecule has 0 spiro atoms. The Morgan fingerprint density at radius 2 is 1.87 bits per heavy atom. The van der Waals surface area contributed by atoms with Crippen LogP contribution in [0.5, 0.6) is 0 Å². The van der Waals surface area contributed by atoms with Gasteiger partial charge in [-0.15, -0.1) is 0 Å². The highest BCUT2D eigenvalue weighted by Crippen LogP contribution is 2.23. The second kappa shape index (κ2) is 10.8. The number of ether oxygens (including phenoxy) is 1. The summed E-state index contributed by atoms with van der Waals surface area (Å²) in [6.07, 6.45) is 3.74. The molecule has 23 heavy (non-hydrogen) atoms. The van der Waals surface area contributed by atoms with Crippen molar-refractivity contribution in [1.29, 1.82) is 0 Å². The molecule has 0 aromatic heterocycles. The van der Waals surface area contributed by atoms with Gasteiger partial charge < -0.3 is 10.1 Å². The van der Waals surface area contributed by atoms with Gasteiger partial charge in [0.1, 0.15) is 12.4 Å². The first-order valence-corrected chi connectivity index (χ1v) is 8.53. The molecular formula is C19H29NO3. The molecule has 0 aliphatic rings. The molecule has 0 heterocycles. The molecule has 4 heteroatoms. The molecule has 1 amide bonds. The summed E-state index contributed by atoms with van der Waals surface area (Å²) < 4.78 is 5.19. The van der Waals surface area contributed by atoms with Crippen molar-refractivity contribution < 1.29 is 14.3 Å². The number of alkyl carbamates (subject to hydrolysis) is 1. The number of rotatable bonds is 10. The van der Waals surface area contributed by atoms with Crippen LogP contribution in [0.2, 0.25) is 0 Å². The van der Waals surface area contributed by atoms with E-state index in [1.165, 1.54) is 0 Å². The molecule has 128 valence electrons. The van der Waals surface area contributed by atoms with Gasteiger partial charge in [0.05, 0.1) is 0 Å². The molecule has 1 rings (SSSR count). The molecule has 0 bridgehead atoms. The topological polar surface area (TPSA) is 55.4 Å². The number of amides is 1. The van der Waals surface area contributed by atoms with Crippen molar-refractivity contribution in [2.75, 3.05) is 6.54 Å².